The van der Waals surface area contributed by atoms with Gasteiger partial charge in [0.15, 0.2) is 0 Å². The van der Waals surface area contributed by atoms with Crippen LogP contribution in [0.1, 0.15) is 10.8 Å². The number of amides is 1. The summed E-state index contributed by atoms with van der Waals surface area (Å²) < 4.78 is 16.9. The van der Waals surface area contributed by atoms with Crippen molar-refractivity contribution in [3.8, 4) is 5.75 Å². The summed E-state index contributed by atoms with van der Waals surface area (Å²) in [5.41, 5.74) is 5.30. The van der Waals surface area contributed by atoms with E-state index in [1.54, 1.807) is 0 Å². The molecule has 0 fully saturated rings. The third kappa shape index (κ3) is 3.92. The van der Waals surface area contributed by atoms with Gasteiger partial charge in [-0.3, -0.25) is 4.79 Å². The number of methoxy groups -OCH3 is 1. The molecule has 0 saturated heterocycles. The van der Waals surface area contributed by atoms with Gasteiger partial charge in [0.25, 0.3) is 5.91 Å². The Labute approximate surface area is 128 Å². The van der Waals surface area contributed by atoms with E-state index in [4.69, 9.17) is 38.8 Å². The second-order valence-electron chi connectivity index (χ2n) is 3.71. The third-order valence-corrected chi connectivity index (χ3v) is 4.51. The van der Waals surface area contributed by atoms with Crippen LogP contribution in [0.25, 0.3) is 0 Å². The summed E-state index contributed by atoms with van der Waals surface area (Å²) in [6, 6.07) is 2.63. The van der Waals surface area contributed by atoms with Gasteiger partial charge in [-0.1, -0.05) is 23.2 Å². The first kappa shape index (κ1) is 16.9. The van der Waals surface area contributed by atoms with Crippen molar-refractivity contribution in [2.24, 2.45) is 5.73 Å². The first-order valence-electron chi connectivity index (χ1n) is 5.19. The molecular weight excluding hydrogens is 329 g/mol. The van der Waals surface area contributed by atoms with Gasteiger partial charge >= 0.3 is 5.97 Å². The lowest BCUT2D eigenvalue weighted by Crippen LogP contribution is -2.32. The summed E-state index contributed by atoms with van der Waals surface area (Å²) in [5, 5.41) is 7.55. The van der Waals surface area contributed by atoms with E-state index in [0.717, 1.165) is 0 Å². The molecule has 1 rings (SSSR count). The number of rotatable bonds is 6. The van der Waals surface area contributed by atoms with Crippen molar-refractivity contribution < 1.29 is 24.0 Å². The number of aliphatic carboxylic acids is 1. The molecule has 0 aliphatic rings. The lowest BCUT2D eigenvalue weighted by atomic mass is 10.1. The largest absolute Gasteiger partial charge is 0.615 e. The van der Waals surface area contributed by atoms with Crippen molar-refractivity contribution in [3.63, 3.8) is 0 Å². The minimum absolute atomic E-state index is 0.0540. The fourth-order valence-corrected chi connectivity index (χ4v) is 3.31. The summed E-state index contributed by atoms with van der Waals surface area (Å²) >= 11 is 9.75. The molecule has 20 heavy (non-hydrogen) atoms. The quantitative estimate of drug-likeness (QED) is 0.759. The number of carboxylic acid groups (broad SMARTS) is 1. The Balaban J connectivity index is 3.28. The number of carbonyl (C=O) groups is 2. The molecule has 0 radical (unpaired) electrons. The van der Waals surface area contributed by atoms with Gasteiger partial charge < -0.3 is 20.1 Å². The standard InChI is InChI=1S/C11H11Cl2NO5S/c1-19-8-2-5(6(12)3-7(8)13)10(11(14)17)20(18)4-9(15)16/h2-3,10H,4H2,1H3,(H2,14,17)(H,15,16). The molecule has 1 amide bonds. The van der Waals surface area contributed by atoms with Crippen LogP contribution in [0.2, 0.25) is 10.0 Å². The van der Waals surface area contributed by atoms with Crippen molar-refractivity contribution in [1.29, 1.82) is 0 Å². The normalized spacial score (nSPS) is 13.6. The number of primary amides is 1. The maximum absolute atomic E-state index is 11.9. The number of halogens is 2. The first-order chi connectivity index (χ1) is 9.27. The van der Waals surface area contributed by atoms with E-state index in [1.165, 1.54) is 19.2 Å². The van der Waals surface area contributed by atoms with Crippen molar-refractivity contribution in [2.75, 3.05) is 12.9 Å². The molecule has 1 aromatic carbocycles. The second kappa shape index (κ2) is 7.03. The molecule has 110 valence electrons. The zero-order valence-electron chi connectivity index (χ0n) is 10.3. The molecule has 0 spiro atoms. The molecule has 0 heterocycles. The molecule has 0 bridgehead atoms. The van der Waals surface area contributed by atoms with Gasteiger partial charge in [0, 0.05) is 5.56 Å². The Bertz CT molecular complexity index is 540. The Hall–Kier alpha value is -1.15. The van der Waals surface area contributed by atoms with Crippen LogP contribution in [0.5, 0.6) is 5.75 Å². The highest BCUT2D eigenvalue weighted by Crippen LogP contribution is 2.36. The molecule has 3 N–H and O–H groups in total. The molecule has 2 unspecified atom stereocenters. The van der Waals surface area contributed by atoms with Gasteiger partial charge in [-0.2, -0.15) is 0 Å². The predicted octanol–water partition coefficient (Wildman–Crippen LogP) is 1.36. The van der Waals surface area contributed by atoms with Crippen LogP contribution in [0.15, 0.2) is 12.1 Å². The Morgan fingerprint density at radius 2 is 2.05 bits per heavy atom. The van der Waals surface area contributed by atoms with Gasteiger partial charge in [-0.25, -0.2) is 4.79 Å². The lowest BCUT2D eigenvalue weighted by molar-refractivity contribution is -0.134. The van der Waals surface area contributed by atoms with Crippen molar-refractivity contribution in [3.05, 3.63) is 27.7 Å². The molecular formula is C11H11Cl2NO5S. The molecule has 0 aliphatic heterocycles. The van der Waals surface area contributed by atoms with E-state index < -0.39 is 34.1 Å². The van der Waals surface area contributed by atoms with Crippen LogP contribution in [0.3, 0.4) is 0 Å². The average Bonchev–Trinajstić information content (AvgIpc) is 2.30. The fourth-order valence-electron chi connectivity index (χ4n) is 1.53. The highest BCUT2D eigenvalue weighted by atomic mass is 35.5. The van der Waals surface area contributed by atoms with Crippen molar-refractivity contribution >= 4 is 46.3 Å². The van der Waals surface area contributed by atoms with E-state index >= 15 is 0 Å². The molecule has 1 aromatic rings. The van der Waals surface area contributed by atoms with Gasteiger partial charge in [0.05, 0.1) is 17.2 Å². The first-order valence-corrected chi connectivity index (χ1v) is 7.33. The van der Waals surface area contributed by atoms with Crippen LogP contribution in [0, 0.1) is 0 Å². The zero-order chi connectivity index (χ0) is 15.4. The number of carbonyl (C=O) groups excluding carboxylic acids is 1. The highest BCUT2D eigenvalue weighted by molar-refractivity contribution is 7.93. The van der Waals surface area contributed by atoms with E-state index in [9.17, 15) is 14.1 Å². The van der Waals surface area contributed by atoms with Gasteiger partial charge in [0.2, 0.25) is 11.0 Å². The summed E-state index contributed by atoms with van der Waals surface area (Å²) in [7, 11) is 1.35. The summed E-state index contributed by atoms with van der Waals surface area (Å²) in [4.78, 5) is 22.1. The molecule has 0 aliphatic carbocycles. The van der Waals surface area contributed by atoms with E-state index in [1.807, 2.05) is 0 Å². The number of hydrogen-bond acceptors (Lipinski definition) is 4. The summed E-state index contributed by atoms with van der Waals surface area (Å²) in [5.74, 6) is -2.78. The summed E-state index contributed by atoms with van der Waals surface area (Å²) in [6.45, 7) is 0. The van der Waals surface area contributed by atoms with Gasteiger partial charge in [0.1, 0.15) is 5.75 Å². The van der Waals surface area contributed by atoms with Crippen LogP contribution in [0.4, 0.5) is 0 Å². The fraction of sp³-hybridized carbons (Fsp3) is 0.273. The van der Waals surface area contributed by atoms with Crippen LogP contribution in [-0.2, 0) is 20.8 Å². The van der Waals surface area contributed by atoms with Crippen molar-refractivity contribution in [2.45, 2.75) is 5.25 Å². The van der Waals surface area contributed by atoms with E-state index in [0.29, 0.717) is 0 Å². The number of carboxylic acids is 1. The Morgan fingerprint density at radius 1 is 1.45 bits per heavy atom. The number of benzene rings is 1. The molecule has 9 heteroatoms. The molecule has 0 aromatic heterocycles. The van der Waals surface area contributed by atoms with Crippen LogP contribution >= 0.6 is 23.2 Å². The Morgan fingerprint density at radius 3 is 2.50 bits per heavy atom. The SMILES string of the molecule is COc1cc(C(C(N)=O)[S+]([O-])CC(=O)O)c(Cl)cc1Cl. The minimum Gasteiger partial charge on any atom is -0.615 e. The number of ether oxygens (including phenoxy) is 1. The number of hydrogen-bond donors (Lipinski definition) is 2. The van der Waals surface area contributed by atoms with E-state index in [2.05, 4.69) is 0 Å². The van der Waals surface area contributed by atoms with Crippen molar-refractivity contribution in [1.82, 2.24) is 0 Å². The predicted molar refractivity (Wildman–Crippen MR) is 75.6 cm³/mol. The summed E-state index contributed by atoms with van der Waals surface area (Å²) in [6.07, 6.45) is 0. The maximum atomic E-state index is 11.9. The lowest BCUT2D eigenvalue weighted by Gasteiger charge is -2.19. The van der Waals surface area contributed by atoms with Crippen LogP contribution < -0.4 is 10.5 Å². The topological polar surface area (TPSA) is 113 Å². The Kier molecular flexibility index (Phi) is 5.94. The zero-order valence-corrected chi connectivity index (χ0v) is 12.6. The average molecular weight is 340 g/mol. The number of nitrogens with two attached hydrogens (primary N) is 1. The third-order valence-electron chi connectivity index (χ3n) is 2.34. The molecule has 0 saturated carbocycles. The van der Waals surface area contributed by atoms with E-state index in [-0.39, 0.29) is 21.4 Å². The monoisotopic (exact) mass is 339 g/mol. The van der Waals surface area contributed by atoms with Crippen LogP contribution in [-0.4, -0.2) is 34.4 Å². The molecule has 6 nitrogen and oxygen atoms in total. The molecule has 2 atom stereocenters. The van der Waals surface area contributed by atoms with Gasteiger partial charge in [-0.05, 0) is 23.3 Å². The smallest absolute Gasteiger partial charge is 0.353 e. The minimum atomic E-state index is -2.05. The second-order valence-corrected chi connectivity index (χ2v) is 6.05. The van der Waals surface area contributed by atoms with Gasteiger partial charge in [-0.15, -0.1) is 0 Å². The highest BCUT2D eigenvalue weighted by Gasteiger charge is 2.34. The maximum Gasteiger partial charge on any atom is 0.353 e.